The Hall–Kier alpha value is -1.61. The van der Waals surface area contributed by atoms with Crippen LogP contribution < -0.4 is 0 Å². The number of ether oxygens (including phenoxy) is 1. The Balaban J connectivity index is 2.30. The van der Waals surface area contributed by atoms with Gasteiger partial charge in [-0.05, 0) is 12.1 Å². The van der Waals surface area contributed by atoms with Gasteiger partial charge in [0.25, 0.3) is 0 Å². The lowest BCUT2D eigenvalue weighted by Crippen LogP contribution is -2.15. The van der Waals surface area contributed by atoms with Gasteiger partial charge < -0.3 is 4.74 Å². The van der Waals surface area contributed by atoms with E-state index < -0.39 is 0 Å². The van der Waals surface area contributed by atoms with Gasteiger partial charge in [-0.2, -0.15) is 0 Å². The molecule has 1 atom stereocenters. The van der Waals surface area contributed by atoms with Crippen molar-refractivity contribution in [2.24, 2.45) is 5.92 Å². The van der Waals surface area contributed by atoms with Crippen LogP contribution in [0.15, 0.2) is 30.3 Å². The summed E-state index contributed by atoms with van der Waals surface area (Å²) in [5.74, 6) is -0.432. The Bertz CT molecular complexity index is 583. The largest absolute Gasteiger partial charge is 0.469 e. The maximum Gasteiger partial charge on any atom is 0.308 e. The molecule has 1 unspecified atom stereocenters. The monoisotopic (exact) mass is 263 g/mol. The predicted molar refractivity (Wildman–Crippen MR) is 71.6 cm³/mol. The summed E-state index contributed by atoms with van der Waals surface area (Å²) in [5.41, 5.74) is 1.61. The Morgan fingerprint density at radius 3 is 2.89 bits per heavy atom. The fourth-order valence-electron chi connectivity index (χ4n) is 1.86. The van der Waals surface area contributed by atoms with Gasteiger partial charge in [-0.15, -0.1) is 0 Å². The molecule has 0 saturated carbocycles. The van der Waals surface area contributed by atoms with Crippen LogP contribution in [0, 0.1) is 5.92 Å². The molecule has 2 aromatic rings. The minimum Gasteiger partial charge on any atom is -0.469 e. The second-order valence-corrected chi connectivity index (χ2v) is 4.65. The van der Waals surface area contributed by atoms with Gasteiger partial charge >= 0.3 is 5.97 Å². The van der Waals surface area contributed by atoms with E-state index >= 15 is 0 Å². The number of benzene rings is 1. The third-order valence-corrected chi connectivity index (χ3v) is 3.15. The van der Waals surface area contributed by atoms with Gasteiger partial charge in [-0.3, -0.25) is 9.78 Å². The number of hydrogen-bond donors (Lipinski definition) is 0. The zero-order chi connectivity index (χ0) is 13.1. The van der Waals surface area contributed by atoms with Gasteiger partial charge in [0.15, 0.2) is 0 Å². The molecule has 0 aliphatic carbocycles. The summed E-state index contributed by atoms with van der Waals surface area (Å²) in [4.78, 5) is 15.9. The van der Waals surface area contributed by atoms with E-state index in [1.807, 2.05) is 37.3 Å². The van der Waals surface area contributed by atoms with Crippen LogP contribution in [0.1, 0.15) is 12.6 Å². The van der Waals surface area contributed by atoms with Crippen LogP contribution in [0.2, 0.25) is 5.02 Å². The van der Waals surface area contributed by atoms with Crippen molar-refractivity contribution in [3.8, 4) is 0 Å². The molecule has 3 nitrogen and oxygen atoms in total. The molecule has 18 heavy (non-hydrogen) atoms. The van der Waals surface area contributed by atoms with E-state index in [2.05, 4.69) is 4.98 Å². The van der Waals surface area contributed by atoms with E-state index in [1.165, 1.54) is 7.11 Å². The maximum atomic E-state index is 11.4. The molecule has 0 aliphatic rings. The third-order valence-electron chi connectivity index (χ3n) is 2.85. The molecule has 1 heterocycles. The van der Waals surface area contributed by atoms with Crippen LogP contribution in [0.5, 0.6) is 0 Å². The van der Waals surface area contributed by atoms with Crippen LogP contribution >= 0.6 is 11.6 Å². The highest BCUT2D eigenvalue weighted by atomic mass is 35.5. The van der Waals surface area contributed by atoms with Crippen molar-refractivity contribution in [1.29, 1.82) is 0 Å². The molecule has 1 aromatic carbocycles. The molecular weight excluding hydrogens is 250 g/mol. The standard InChI is InChI=1S/C14H14ClNO2/c1-9(14(17)18-2)8-11-7-6-10-4-3-5-12(15)13(10)16-11/h3-7,9H,8H2,1-2H3. The number of hydrogen-bond acceptors (Lipinski definition) is 3. The van der Waals surface area contributed by atoms with E-state index in [1.54, 1.807) is 0 Å². The number of methoxy groups -OCH3 is 1. The Labute approximate surface area is 111 Å². The van der Waals surface area contributed by atoms with E-state index in [0.29, 0.717) is 11.4 Å². The van der Waals surface area contributed by atoms with Gasteiger partial charge in [0.1, 0.15) is 0 Å². The molecule has 2 rings (SSSR count). The van der Waals surface area contributed by atoms with Crippen molar-refractivity contribution < 1.29 is 9.53 Å². The number of rotatable bonds is 3. The summed E-state index contributed by atoms with van der Waals surface area (Å²) in [5, 5.41) is 1.62. The predicted octanol–water partition coefficient (Wildman–Crippen LogP) is 3.24. The van der Waals surface area contributed by atoms with Crippen LogP contribution in [0.3, 0.4) is 0 Å². The number of aromatic nitrogens is 1. The quantitative estimate of drug-likeness (QED) is 0.798. The average molecular weight is 264 g/mol. The highest BCUT2D eigenvalue weighted by Crippen LogP contribution is 2.22. The first-order chi connectivity index (χ1) is 8.61. The second kappa shape index (κ2) is 5.36. The van der Waals surface area contributed by atoms with Crippen LogP contribution in [0.4, 0.5) is 0 Å². The van der Waals surface area contributed by atoms with E-state index in [-0.39, 0.29) is 11.9 Å². The normalized spacial score (nSPS) is 12.4. The first-order valence-electron chi connectivity index (χ1n) is 5.74. The highest BCUT2D eigenvalue weighted by molar-refractivity contribution is 6.35. The number of halogens is 1. The van der Waals surface area contributed by atoms with Crippen LogP contribution in [-0.4, -0.2) is 18.1 Å². The zero-order valence-electron chi connectivity index (χ0n) is 10.3. The average Bonchev–Trinajstić information content (AvgIpc) is 2.38. The van der Waals surface area contributed by atoms with Crippen molar-refractivity contribution >= 4 is 28.5 Å². The summed E-state index contributed by atoms with van der Waals surface area (Å²) in [7, 11) is 1.39. The molecule has 0 N–H and O–H groups in total. The SMILES string of the molecule is COC(=O)C(C)Cc1ccc2cccc(Cl)c2n1. The minimum atomic E-state index is -0.226. The van der Waals surface area contributed by atoms with Crippen molar-refractivity contribution in [1.82, 2.24) is 4.98 Å². The first-order valence-corrected chi connectivity index (χ1v) is 6.11. The summed E-state index contributed by atoms with van der Waals surface area (Å²) in [6.45, 7) is 1.82. The molecule has 0 aliphatic heterocycles. The van der Waals surface area contributed by atoms with Crippen LogP contribution in [0.25, 0.3) is 10.9 Å². The van der Waals surface area contributed by atoms with Gasteiger partial charge in [0, 0.05) is 17.5 Å². The number of fused-ring (bicyclic) bond motifs is 1. The molecule has 0 spiro atoms. The number of carbonyl (C=O) groups excluding carboxylic acids is 1. The molecular formula is C14H14ClNO2. The van der Waals surface area contributed by atoms with Gasteiger partial charge in [-0.1, -0.05) is 36.7 Å². The maximum absolute atomic E-state index is 11.4. The molecule has 0 fully saturated rings. The number of para-hydroxylation sites is 1. The summed E-state index contributed by atoms with van der Waals surface area (Å²) >= 11 is 6.10. The lowest BCUT2D eigenvalue weighted by atomic mass is 10.0. The number of carbonyl (C=O) groups is 1. The molecule has 1 aromatic heterocycles. The van der Waals surface area contributed by atoms with E-state index in [4.69, 9.17) is 16.3 Å². The fraction of sp³-hybridized carbons (Fsp3) is 0.286. The fourth-order valence-corrected chi connectivity index (χ4v) is 2.09. The molecule has 4 heteroatoms. The third kappa shape index (κ3) is 2.62. The zero-order valence-corrected chi connectivity index (χ0v) is 11.1. The van der Waals surface area contributed by atoms with Crippen molar-refractivity contribution in [2.45, 2.75) is 13.3 Å². The molecule has 0 saturated heterocycles. The first kappa shape index (κ1) is 12.8. The smallest absolute Gasteiger partial charge is 0.308 e. The van der Waals surface area contributed by atoms with E-state index in [0.717, 1.165) is 16.6 Å². The number of pyridine rings is 1. The van der Waals surface area contributed by atoms with Crippen LogP contribution in [-0.2, 0) is 16.0 Å². The second-order valence-electron chi connectivity index (χ2n) is 4.24. The molecule has 0 radical (unpaired) electrons. The lowest BCUT2D eigenvalue weighted by Gasteiger charge is -2.09. The molecule has 0 amide bonds. The Kier molecular flexibility index (Phi) is 3.82. The summed E-state index contributed by atoms with van der Waals surface area (Å²) in [6, 6.07) is 9.54. The topological polar surface area (TPSA) is 39.2 Å². The van der Waals surface area contributed by atoms with Gasteiger partial charge in [0.2, 0.25) is 0 Å². The molecule has 94 valence electrons. The van der Waals surface area contributed by atoms with Gasteiger partial charge in [-0.25, -0.2) is 0 Å². The minimum absolute atomic E-state index is 0.206. The van der Waals surface area contributed by atoms with E-state index in [9.17, 15) is 4.79 Å². The van der Waals surface area contributed by atoms with Crippen molar-refractivity contribution in [3.05, 3.63) is 41.0 Å². The van der Waals surface area contributed by atoms with Gasteiger partial charge in [0.05, 0.1) is 23.6 Å². The Morgan fingerprint density at radius 1 is 1.39 bits per heavy atom. The number of esters is 1. The van der Waals surface area contributed by atoms with Crippen molar-refractivity contribution in [3.63, 3.8) is 0 Å². The number of nitrogens with zero attached hydrogens (tertiary/aromatic N) is 1. The summed E-state index contributed by atoms with van der Waals surface area (Å²) < 4.78 is 4.70. The lowest BCUT2D eigenvalue weighted by molar-refractivity contribution is -0.144. The molecule has 0 bridgehead atoms. The summed E-state index contributed by atoms with van der Waals surface area (Å²) in [6.07, 6.45) is 0.549. The van der Waals surface area contributed by atoms with Crippen molar-refractivity contribution in [2.75, 3.05) is 7.11 Å². The Morgan fingerprint density at radius 2 is 2.17 bits per heavy atom. The highest BCUT2D eigenvalue weighted by Gasteiger charge is 2.14.